The molecule has 0 unspecified atom stereocenters. The molecule has 0 atom stereocenters. The molecule has 0 bridgehead atoms. The summed E-state index contributed by atoms with van der Waals surface area (Å²) < 4.78 is 5.28. The Labute approximate surface area is 159 Å². The van der Waals surface area contributed by atoms with E-state index in [1.54, 1.807) is 0 Å². The van der Waals surface area contributed by atoms with Crippen LogP contribution in [0.25, 0.3) is 0 Å². The fraction of sp³-hybridized carbons (Fsp3) is 0.526. The fourth-order valence-electron chi connectivity index (χ4n) is 3.06. The van der Waals surface area contributed by atoms with Gasteiger partial charge in [0.25, 0.3) is 0 Å². The quantitative estimate of drug-likeness (QED) is 0.743. The van der Waals surface area contributed by atoms with Gasteiger partial charge in [-0.25, -0.2) is 0 Å². The minimum absolute atomic E-state index is 0.124. The highest BCUT2D eigenvalue weighted by atomic mass is 35.5. The van der Waals surface area contributed by atoms with Crippen molar-refractivity contribution in [2.45, 2.75) is 39.2 Å². The molecule has 0 N–H and O–H groups in total. The van der Waals surface area contributed by atoms with Crippen LogP contribution in [0.1, 0.15) is 37.0 Å². The van der Waals surface area contributed by atoms with Crippen molar-refractivity contribution < 1.29 is 9.32 Å². The Bertz CT molecular complexity index is 726. The number of aryl methyl sites for hydroxylation is 1. The van der Waals surface area contributed by atoms with E-state index >= 15 is 0 Å². The lowest BCUT2D eigenvalue weighted by Gasteiger charge is -2.34. The van der Waals surface area contributed by atoms with E-state index in [1.165, 1.54) is 0 Å². The largest absolute Gasteiger partial charge is 0.340 e. The monoisotopic (exact) mass is 376 g/mol. The molecule has 1 aromatic carbocycles. The van der Waals surface area contributed by atoms with E-state index in [2.05, 4.69) is 22.0 Å². The van der Waals surface area contributed by atoms with Gasteiger partial charge in [-0.05, 0) is 18.1 Å². The highest BCUT2D eigenvalue weighted by Gasteiger charge is 2.22. The molecule has 1 amide bonds. The molecule has 1 aliphatic heterocycles. The number of unbranched alkanes of at least 4 members (excludes halogenated alkanes) is 1. The Morgan fingerprint density at radius 2 is 2.00 bits per heavy atom. The first-order valence-corrected chi connectivity index (χ1v) is 9.58. The zero-order valence-corrected chi connectivity index (χ0v) is 15.9. The van der Waals surface area contributed by atoms with Crippen LogP contribution in [0.15, 0.2) is 28.8 Å². The molecule has 1 aromatic heterocycles. The number of hydrogen-bond donors (Lipinski definition) is 0. The minimum atomic E-state index is 0.124. The number of aromatic nitrogens is 2. The van der Waals surface area contributed by atoms with Crippen molar-refractivity contribution in [3.63, 3.8) is 0 Å². The molecule has 7 heteroatoms. The SMILES string of the molecule is CCCCc1nc(CN2CCN(C(=O)Cc3ccccc3Cl)CC2)no1. The van der Waals surface area contributed by atoms with Gasteiger partial charge in [0.1, 0.15) is 0 Å². The third-order valence-electron chi connectivity index (χ3n) is 4.64. The van der Waals surface area contributed by atoms with Crippen LogP contribution in [0.3, 0.4) is 0 Å². The van der Waals surface area contributed by atoms with E-state index in [0.717, 1.165) is 49.6 Å². The Hall–Kier alpha value is -1.92. The van der Waals surface area contributed by atoms with Crippen molar-refractivity contribution in [2.75, 3.05) is 26.2 Å². The second kappa shape index (κ2) is 9.14. The molecule has 140 valence electrons. The average Bonchev–Trinajstić information content (AvgIpc) is 3.10. The first kappa shape index (κ1) is 18.9. The number of piperazine rings is 1. The molecule has 0 aliphatic carbocycles. The van der Waals surface area contributed by atoms with Gasteiger partial charge in [-0.3, -0.25) is 9.69 Å². The summed E-state index contributed by atoms with van der Waals surface area (Å²) in [5.41, 5.74) is 0.882. The summed E-state index contributed by atoms with van der Waals surface area (Å²) in [7, 11) is 0. The molecular formula is C19H25ClN4O2. The second-order valence-corrected chi connectivity index (χ2v) is 7.04. The Balaban J connectivity index is 1.46. The van der Waals surface area contributed by atoms with Crippen molar-refractivity contribution in [1.29, 1.82) is 0 Å². The number of benzene rings is 1. The standard InChI is InChI=1S/C19H25ClN4O2/c1-2-3-8-18-21-17(22-26-18)14-23-9-11-24(12-10-23)19(25)13-15-6-4-5-7-16(15)20/h4-7H,2-3,8-14H2,1H3. The number of rotatable bonds is 7. The Morgan fingerprint density at radius 3 is 2.73 bits per heavy atom. The van der Waals surface area contributed by atoms with Crippen LogP contribution in [-0.2, 0) is 24.2 Å². The first-order chi connectivity index (χ1) is 12.7. The van der Waals surface area contributed by atoms with Gasteiger partial charge in [0.2, 0.25) is 11.8 Å². The highest BCUT2D eigenvalue weighted by Crippen LogP contribution is 2.17. The van der Waals surface area contributed by atoms with Crippen molar-refractivity contribution >= 4 is 17.5 Å². The smallest absolute Gasteiger partial charge is 0.227 e. The number of amides is 1. The molecule has 1 saturated heterocycles. The Kier molecular flexibility index (Phi) is 6.63. The molecule has 0 radical (unpaired) electrons. The summed E-state index contributed by atoms with van der Waals surface area (Å²) in [5, 5.41) is 4.71. The summed E-state index contributed by atoms with van der Waals surface area (Å²) in [4.78, 5) is 21.1. The van der Waals surface area contributed by atoms with Crippen LogP contribution in [0.2, 0.25) is 5.02 Å². The number of carbonyl (C=O) groups is 1. The van der Waals surface area contributed by atoms with Gasteiger partial charge in [-0.15, -0.1) is 0 Å². The summed E-state index contributed by atoms with van der Waals surface area (Å²) in [6, 6.07) is 7.51. The number of hydrogen-bond acceptors (Lipinski definition) is 5. The zero-order valence-electron chi connectivity index (χ0n) is 15.2. The van der Waals surface area contributed by atoms with Gasteiger partial charge in [-0.1, -0.05) is 48.3 Å². The van der Waals surface area contributed by atoms with Crippen molar-refractivity contribution in [1.82, 2.24) is 19.9 Å². The predicted molar refractivity (Wildman–Crippen MR) is 99.9 cm³/mol. The lowest BCUT2D eigenvalue weighted by Crippen LogP contribution is -2.48. The van der Waals surface area contributed by atoms with E-state index in [9.17, 15) is 4.79 Å². The molecule has 26 heavy (non-hydrogen) atoms. The fourth-order valence-corrected chi connectivity index (χ4v) is 3.26. The maximum Gasteiger partial charge on any atom is 0.227 e. The van der Waals surface area contributed by atoms with Gasteiger partial charge in [0, 0.05) is 37.6 Å². The molecule has 6 nitrogen and oxygen atoms in total. The molecule has 2 heterocycles. The third-order valence-corrected chi connectivity index (χ3v) is 5.01. The summed E-state index contributed by atoms with van der Waals surface area (Å²) in [6.07, 6.45) is 3.37. The first-order valence-electron chi connectivity index (χ1n) is 9.20. The lowest BCUT2D eigenvalue weighted by molar-refractivity contribution is -0.132. The average molecular weight is 377 g/mol. The van der Waals surface area contributed by atoms with Crippen LogP contribution in [0.4, 0.5) is 0 Å². The van der Waals surface area contributed by atoms with Crippen LogP contribution < -0.4 is 0 Å². The molecule has 1 aliphatic rings. The normalized spacial score (nSPS) is 15.4. The van der Waals surface area contributed by atoms with E-state index in [1.807, 2.05) is 29.2 Å². The van der Waals surface area contributed by atoms with Crippen LogP contribution >= 0.6 is 11.6 Å². The van der Waals surface area contributed by atoms with Crippen LogP contribution in [0, 0.1) is 0 Å². The van der Waals surface area contributed by atoms with E-state index < -0.39 is 0 Å². The molecule has 3 rings (SSSR count). The van der Waals surface area contributed by atoms with Gasteiger partial charge in [-0.2, -0.15) is 4.98 Å². The second-order valence-electron chi connectivity index (χ2n) is 6.63. The van der Waals surface area contributed by atoms with E-state index in [4.69, 9.17) is 16.1 Å². The molecular weight excluding hydrogens is 352 g/mol. The van der Waals surface area contributed by atoms with Crippen LogP contribution in [0.5, 0.6) is 0 Å². The predicted octanol–water partition coefficient (Wildman–Crippen LogP) is 2.95. The molecule has 1 fully saturated rings. The van der Waals surface area contributed by atoms with Gasteiger partial charge >= 0.3 is 0 Å². The maximum atomic E-state index is 12.5. The van der Waals surface area contributed by atoms with Gasteiger partial charge < -0.3 is 9.42 Å². The summed E-state index contributed by atoms with van der Waals surface area (Å²) in [6.45, 7) is 5.86. The minimum Gasteiger partial charge on any atom is -0.340 e. The van der Waals surface area contributed by atoms with E-state index in [0.29, 0.717) is 31.1 Å². The topological polar surface area (TPSA) is 62.5 Å². The molecule has 0 saturated carbocycles. The zero-order chi connectivity index (χ0) is 18.4. The molecule has 2 aromatic rings. The third kappa shape index (κ3) is 5.05. The molecule has 0 spiro atoms. The van der Waals surface area contributed by atoms with Crippen molar-refractivity contribution in [3.05, 3.63) is 46.6 Å². The van der Waals surface area contributed by atoms with E-state index in [-0.39, 0.29) is 5.91 Å². The lowest BCUT2D eigenvalue weighted by atomic mass is 10.1. The maximum absolute atomic E-state index is 12.5. The number of nitrogens with zero attached hydrogens (tertiary/aromatic N) is 4. The summed E-state index contributed by atoms with van der Waals surface area (Å²) in [5.74, 6) is 1.57. The van der Waals surface area contributed by atoms with Crippen molar-refractivity contribution in [3.8, 4) is 0 Å². The van der Waals surface area contributed by atoms with Crippen molar-refractivity contribution in [2.24, 2.45) is 0 Å². The number of carbonyl (C=O) groups excluding carboxylic acids is 1. The number of halogens is 1. The van der Waals surface area contributed by atoms with Gasteiger partial charge in [0.05, 0.1) is 13.0 Å². The highest BCUT2D eigenvalue weighted by molar-refractivity contribution is 6.31. The Morgan fingerprint density at radius 1 is 1.23 bits per heavy atom. The summed E-state index contributed by atoms with van der Waals surface area (Å²) >= 11 is 6.15. The van der Waals surface area contributed by atoms with Gasteiger partial charge in [0.15, 0.2) is 5.82 Å². The van der Waals surface area contributed by atoms with Crippen LogP contribution in [-0.4, -0.2) is 52.0 Å².